The molecule has 1 aliphatic heterocycles. The van der Waals surface area contributed by atoms with Gasteiger partial charge in [-0.15, -0.1) is 0 Å². The van der Waals surface area contributed by atoms with E-state index in [9.17, 15) is 4.79 Å². The average Bonchev–Trinajstić information content (AvgIpc) is 3.04. The molecule has 1 saturated carbocycles. The zero-order valence-electron chi connectivity index (χ0n) is 12.5. The van der Waals surface area contributed by atoms with Gasteiger partial charge in [-0.25, -0.2) is 0 Å². The molecule has 1 atom stereocenters. The molecule has 1 aromatic rings. The van der Waals surface area contributed by atoms with Crippen LogP contribution in [0.15, 0.2) is 24.5 Å². The molecule has 0 bridgehead atoms. The number of amides is 1. The standard InChI is InChI=1S/C17H24N2O2/c20-17(13-21-15-5-2-1-3-6-15)19-12-4-7-16(19)14-8-10-18-11-9-14/h8-11,15-16H,1-7,12-13H2. The normalized spacial score (nSPS) is 23.4. The molecule has 1 saturated heterocycles. The van der Waals surface area contributed by atoms with Gasteiger partial charge in [-0.05, 0) is 43.4 Å². The van der Waals surface area contributed by atoms with Crippen molar-refractivity contribution in [3.05, 3.63) is 30.1 Å². The molecule has 0 spiro atoms. The summed E-state index contributed by atoms with van der Waals surface area (Å²) in [6.07, 6.45) is 12.0. The molecule has 21 heavy (non-hydrogen) atoms. The van der Waals surface area contributed by atoms with Crippen molar-refractivity contribution >= 4 is 5.91 Å². The molecular weight excluding hydrogens is 264 g/mol. The number of ether oxygens (including phenoxy) is 1. The summed E-state index contributed by atoms with van der Waals surface area (Å²) in [5, 5.41) is 0. The van der Waals surface area contributed by atoms with Gasteiger partial charge in [0.05, 0.1) is 12.1 Å². The fourth-order valence-corrected chi connectivity index (χ4v) is 3.50. The van der Waals surface area contributed by atoms with E-state index in [2.05, 4.69) is 4.98 Å². The molecule has 2 aliphatic rings. The van der Waals surface area contributed by atoms with Crippen LogP contribution in [0.5, 0.6) is 0 Å². The molecule has 0 N–H and O–H groups in total. The van der Waals surface area contributed by atoms with E-state index in [1.165, 1.54) is 24.8 Å². The third kappa shape index (κ3) is 3.62. The first-order valence-electron chi connectivity index (χ1n) is 8.15. The number of likely N-dealkylation sites (tertiary alicyclic amines) is 1. The van der Waals surface area contributed by atoms with Crippen molar-refractivity contribution in [1.29, 1.82) is 0 Å². The summed E-state index contributed by atoms with van der Waals surface area (Å²) >= 11 is 0. The predicted molar refractivity (Wildman–Crippen MR) is 80.8 cm³/mol. The number of carbonyl (C=O) groups is 1. The third-order valence-corrected chi connectivity index (χ3v) is 4.66. The van der Waals surface area contributed by atoms with Crippen LogP contribution in [0, 0.1) is 0 Å². The molecule has 4 heteroatoms. The van der Waals surface area contributed by atoms with Crippen molar-refractivity contribution < 1.29 is 9.53 Å². The second-order valence-corrected chi connectivity index (χ2v) is 6.10. The molecule has 1 aromatic heterocycles. The van der Waals surface area contributed by atoms with Crippen LogP contribution in [0.25, 0.3) is 0 Å². The lowest BCUT2D eigenvalue weighted by Crippen LogP contribution is -2.35. The van der Waals surface area contributed by atoms with E-state index < -0.39 is 0 Å². The Balaban J connectivity index is 1.55. The van der Waals surface area contributed by atoms with E-state index in [1.807, 2.05) is 17.0 Å². The molecule has 0 aromatic carbocycles. The summed E-state index contributed by atoms with van der Waals surface area (Å²) in [5.74, 6) is 0.139. The number of carbonyl (C=O) groups excluding carboxylic acids is 1. The second kappa shape index (κ2) is 7.03. The molecule has 1 unspecified atom stereocenters. The highest BCUT2D eigenvalue weighted by atomic mass is 16.5. The van der Waals surface area contributed by atoms with Crippen LogP contribution in [0.4, 0.5) is 0 Å². The smallest absolute Gasteiger partial charge is 0.249 e. The topological polar surface area (TPSA) is 42.4 Å². The Labute approximate surface area is 126 Å². The molecule has 3 rings (SSSR count). The van der Waals surface area contributed by atoms with Gasteiger partial charge in [0.15, 0.2) is 0 Å². The highest BCUT2D eigenvalue weighted by molar-refractivity contribution is 5.78. The van der Waals surface area contributed by atoms with Gasteiger partial charge in [0.1, 0.15) is 6.61 Å². The summed E-state index contributed by atoms with van der Waals surface area (Å²) < 4.78 is 5.84. The molecule has 1 amide bonds. The SMILES string of the molecule is O=C(COC1CCCCC1)N1CCCC1c1ccncc1. The van der Waals surface area contributed by atoms with Gasteiger partial charge < -0.3 is 9.64 Å². The number of pyridine rings is 1. The Kier molecular flexibility index (Phi) is 4.86. The van der Waals surface area contributed by atoms with Gasteiger partial charge in [-0.2, -0.15) is 0 Å². The first-order chi connectivity index (χ1) is 10.3. The Hall–Kier alpha value is -1.42. The maximum Gasteiger partial charge on any atom is 0.249 e. The lowest BCUT2D eigenvalue weighted by molar-refractivity contribution is -0.139. The van der Waals surface area contributed by atoms with Gasteiger partial charge in [0.2, 0.25) is 5.91 Å². The summed E-state index contributed by atoms with van der Waals surface area (Å²) in [5.41, 5.74) is 1.19. The van der Waals surface area contributed by atoms with Crippen LogP contribution < -0.4 is 0 Å². The third-order valence-electron chi connectivity index (χ3n) is 4.66. The van der Waals surface area contributed by atoms with E-state index in [1.54, 1.807) is 12.4 Å². The average molecular weight is 288 g/mol. The maximum absolute atomic E-state index is 12.5. The van der Waals surface area contributed by atoms with Crippen molar-refractivity contribution in [1.82, 2.24) is 9.88 Å². The molecule has 1 aliphatic carbocycles. The number of rotatable bonds is 4. The van der Waals surface area contributed by atoms with Gasteiger partial charge >= 0.3 is 0 Å². The van der Waals surface area contributed by atoms with E-state index in [4.69, 9.17) is 4.74 Å². The number of hydrogen-bond donors (Lipinski definition) is 0. The molecule has 4 nitrogen and oxygen atoms in total. The van der Waals surface area contributed by atoms with Crippen LogP contribution >= 0.6 is 0 Å². The number of hydrogen-bond acceptors (Lipinski definition) is 3. The van der Waals surface area contributed by atoms with Gasteiger partial charge in [0.25, 0.3) is 0 Å². The lowest BCUT2D eigenvalue weighted by atomic mass is 9.98. The van der Waals surface area contributed by atoms with E-state index in [0.717, 1.165) is 32.2 Å². The summed E-state index contributed by atoms with van der Waals surface area (Å²) in [4.78, 5) is 18.5. The Morgan fingerprint density at radius 2 is 1.90 bits per heavy atom. The van der Waals surface area contributed by atoms with Crippen molar-refractivity contribution in [3.8, 4) is 0 Å². The van der Waals surface area contributed by atoms with Crippen LogP contribution in [0.1, 0.15) is 56.6 Å². The lowest BCUT2D eigenvalue weighted by Gasteiger charge is -2.27. The van der Waals surface area contributed by atoms with Crippen LogP contribution in [-0.4, -0.2) is 35.0 Å². The minimum Gasteiger partial charge on any atom is -0.368 e. The Morgan fingerprint density at radius 3 is 2.67 bits per heavy atom. The van der Waals surface area contributed by atoms with E-state index >= 15 is 0 Å². The monoisotopic (exact) mass is 288 g/mol. The molecular formula is C17H24N2O2. The Morgan fingerprint density at radius 1 is 1.14 bits per heavy atom. The van der Waals surface area contributed by atoms with Crippen LogP contribution in [-0.2, 0) is 9.53 Å². The van der Waals surface area contributed by atoms with Crippen molar-refractivity contribution in [3.63, 3.8) is 0 Å². The zero-order valence-corrected chi connectivity index (χ0v) is 12.5. The highest BCUT2D eigenvalue weighted by Gasteiger charge is 2.30. The minimum absolute atomic E-state index is 0.139. The first-order valence-corrected chi connectivity index (χ1v) is 8.15. The summed E-state index contributed by atoms with van der Waals surface area (Å²) in [6, 6.07) is 4.23. The fraction of sp³-hybridized carbons (Fsp3) is 0.647. The van der Waals surface area contributed by atoms with E-state index in [0.29, 0.717) is 6.10 Å². The number of aromatic nitrogens is 1. The first kappa shape index (κ1) is 14.5. The maximum atomic E-state index is 12.5. The molecule has 114 valence electrons. The summed E-state index contributed by atoms with van der Waals surface area (Å²) in [6.45, 7) is 1.09. The Bertz CT molecular complexity index is 457. The van der Waals surface area contributed by atoms with Crippen LogP contribution in [0.2, 0.25) is 0 Å². The molecule has 0 radical (unpaired) electrons. The second-order valence-electron chi connectivity index (χ2n) is 6.10. The molecule has 2 heterocycles. The van der Waals surface area contributed by atoms with Crippen LogP contribution in [0.3, 0.4) is 0 Å². The van der Waals surface area contributed by atoms with Gasteiger partial charge in [-0.3, -0.25) is 9.78 Å². The van der Waals surface area contributed by atoms with Crippen molar-refractivity contribution in [2.75, 3.05) is 13.2 Å². The number of nitrogens with zero attached hydrogens (tertiary/aromatic N) is 2. The largest absolute Gasteiger partial charge is 0.368 e. The van der Waals surface area contributed by atoms with Gasteiger partial charge in [0, 0.05) is 18.9 Å². The summed E-state index contributed by atoms with van der Waals surface area (Å²) in [7, 11) is 0. The highest BCUT2D eigenvalue weighted by Crippen LogP contribution is 2.31. The quantitative estimate of drug-likeness (QED) is 0.855. The fourth-order valence-electron chi connectivity index (χ4n) is 3.50. The van der Waals surface area contributed by atoms with Crippen molar-refractivity contribution in [2.45, 2.75) is 57.1 Å². The minimum atomic E-state index is 0.139. The zero-order chi connectivity index (χ0) is 14.5. The van der Waals surface area contributed by atoms with E-state index in [-0.39, 0.29) is 18.6 Å². The predicted octanol–water partition coefficient (Wildman–Crippen LogP) is 3.09. The molecule has 2 fully saturated rings. The van der Waals surface area contributed by atoms with Gasteiger partial charge in [-0.1, -0.05) is 19.3 Å². The van der Waals surface area contributed by atoms with Crippen molar-refractivity contribution in [2.24, 2.45) is 0 Å².